The molecule has 6 heteroatoms. The highest BCUT2D eigenvalue weighted by atomic mass is 31.1. The third kappa shape index (κ3) is 7.52. The van der Waals surface area contributed by atoms with Gasteiger partial charge in [0.05, 0.1) is 0 Å². The van der Waals surface area contributed by atoms with E-state index in [9.17, 15) is 9.36 Å². The van der Waals surface area contributed by atoms with E-state index in [0.717, 1.165) is 0 Å². The van der Waals surface area contributed by atoms with Gasteiger partial charge in [-0.05, 0) is 13.8 Å². The Morgan fingerprint density at radius 2 is 2.27 bits per heavy atom. The van der Waals surface area contributed by atoms with Gasteiger partial charge in [-0.3, -0.25) is 9.36 Å². The average Bonchev–Trinajstić information content (AvgIpc) is 1.82. The highest BCUT2D eigenvalue weighted by Gasteiger charge is 2.03. The molecule has 0 aromatic heterocycles. The maximum atomic E-state index is 10.7. The number of carbonyl (C=O) groups excluding carboxylic acids is 1. The van der Waals surface area contributed by atoms with Crippen molar-refractivity contribution in [2.45, 2.75) is 19.9 Å². The summed E-state index contributed by atoms with van der Waals surface area (Å²) in [5, 5.41) is 2.50. The molecule has 1 amide bonds. The molecule has 0 aliphatic heterocycles. The monoisotopic (exact) mass is 181 g/mol. The molecule has 0 saturated carbocycles. The maximum Gasteiger partial charge on any atom is 0.317 e. The van der Waals surface area contributed by atoms with Crippen LogP contribution in [0.2, 0.25) is 0 Å². The molecule has 2 N–H and O–H groups in total. The van der Waals surface area contributed by atoms with E-state index in [4.69, 9.17) is 4.89 Å². The number of hydrogen-bond donors (Lipinski definition) is 2. The molecule has 0 bridgehead atoms. The van der Waals surface area contributed by atoms with Crippen LogP contribution in [0.25, 0.3) is 0 Å². The van der Waals surface area contributed by atoms with Crippen LogP contribution in [-0.4, -0.2) is 23.4 Å². The zero-order valence-electron chi connectivity index (χ0n) is 6.46. The van der Waals surface area contributed by atoms with E-state index >= 15 is 0 Å². The summed E-state index contributed by atoms with van der Waals surface area (Å²) < 4.78 is 14.2. The molecular weight excluding hydrogens is 169 g/mol. The molecule has 1 atom stereocenters. The first-order chi connectivity index (χ1) is 5.02. The SMILES string of the molecule is CC(C)NC(=O)CO[PH](=O)O. The summed E-state index contributed by atoms with van der Waals surface area (Å²) in [6.45, 7) is 3.23. The Balaban J connectivity index is 3.45. The van der Waals surface area contributed by atoms with Crippen LogP contribution in [0, 0.1) is 0 Å². The summed E-state index contributed by atoms with van der Waals surface area (Å²) in [6, 6.07) is 0.0205. The number of nitrogens with one attached hydrogen (secondary N) is 1. The molecule has 0 spiro atoms. The lowest BCUT2D eigenvalue weighted by molar-refractivity contribution is -0.123. The lowest BCUT2D eigenvalue weighted by Crippen LogP contribution is -2.32. The topological polar surface area (TPSA) is 75.6 Å². The van der Waals surface area contributed by atoms with Gasteiger partial charge in [-0.15, -0.1) is 0 Å². The van der Waals surface area contributed by atoms with Crippen LogP contribution >= 0.6 is 8.25 Å². The molecule has 0 aromatic carbocycles. The second kappa shape index (κ2) is 5.29. The van der Waals surface area contributed by atoms with E-state index in [-0.39, 0.29) is 18.6 Å². The van der Waals surface area contributed by atoms with Gasteiger partial charge in [0, 0.05) is 6.04 Å². The summed E-state index contributed by atoms with van der Waals surface area (Å²) >= 11 is 0. The van der Waals surface area contributed by atoms with Gasteiger partial charge in [0.15, 0.2) is 0 Å². The standard InChI is InChI=1S/C5H12NO4P/c1-4(2)6-5(7)3-10-11(8)9/h4,11H,3H2,1-2H3,(H,6,7)(H,8,9). The third-order valence-corrected chi connectivity index (χ3v) is 1.17. The Morgan fingerprint density at radius 3 is 2.64 bits per heavy atom. The van der Waals surface area contributed by atoms with E-state index in [1.807, 2.05) is 0 Å². The molecule has 0 aromatic rings. The Hall–Kier alpha value is -0.380. The van der Waals surface area contributed by atoms with Crippen molar-refractivity contribution in [3.05, 3.63) is 0 Å². The zero-order chi connectivity index (χ0) is 8.85. The smallest absolute Gasteiger partial charge is 0.317 e. The summed E-state index contributed by atoms with van der Waals surface area (Å²) in [5.41, 5.74) is 0. The number of carbonyl (C=O) groups is 1. The lowest BCUT2D eigenvalue weighted by atomic mass is 10.4. The van der Waals surface area contributed by atoms with E-state index in [1.165, 1.54) is 0 Å². The van der Waals surface area contributed by atoms with Crippen molar-refractivity contribution in [3.8, 4) is 0 Å². The Labute approximate surface area is 65.7 Å². The van der Waals surface area contributed by atoms with Gasteiger partial charge >= 0.3 is 8.25 Å². The van der Waals surface area contributed by atoms with Crippen LogP contribution in [-0.2, 0) is 13.9 Å². The first-order valence-electron chi connectivity index (χ1n) is 3.17. The second-order valence-electron chi connectivity index (χ2n) is 2.28. The summed E-state index contributed by atoms with van der Waals surface area (Å²) in [6.07, 6.45) is 0. The fourth-order valence-corrected chi connectivity index (χ4v) is 0.745. The van der Waals surface area contributed by atoms with Gasteiger partial charge < -0.3 is 14.7 Å². The minimum absolute atomic E-state index is 0.0205. The van der Waals surface area contributed by atoms with Crippen LogP contribution in [0.3, 0.4) is 0 Å². The zero-order valence-corrected chi connectivity index (χ0v) is 7.46. The van der Waals surface area contributed by atoms with E-state index in [2.05, 4.69) is 9.84 Å². The molecule has 5 nitrogen and oxygen atoms in total. The van der Waals surface area contributed by atoms with Gasteiger partial charge in [0.2, 0.25) is 5.91 Å². The first-order valence-corrected chi connectivity index (χ1v) is 4.44. The van der Waals surface area contributed by atoms with Crippen molar-refractivity contribution in [1.82, 2.24) is 5.32 Å². The van der Waals surface area contributed by atoms with Crippen LogP contribution in [0.4, 0.5) is 0 Å². The third-order valence-electron chi connectivity index (χ3n) is 0.776. The van der Waals surface area contributed by atoms with Gasteiger partial charge in [-0.1, -0.05) is 0 Å². The van der Waals surface area contributed by atoms with Crippen molar-refractivity contribution in [1.29, 1.82) is 0 Å². The largest absolute Gasteiger partial charge is 0.352 e. The Kier molecular flexibility index (Phi) is 5.11. The molecule has 1 unspecified atom stereocenters. The molecule has 11 heavy (non-hydrogen) atoms. The molecule has 0 fully saturated rings. The minimum atomic E-state index is -2.98. The van der Waals surface area contributed by atoms with E-state index in [0.29, 0.717) is 0 Å². The van der Waals surface area contributed by atoms with Crippen LogP contribution in [0.15, 0.2) is 0 Å². The quantitative estimate of drug-likeness (QED) is 0.594. The molecule has 0 radical (unpaired) electrons. The molecule has 66 valence electrons. The van der Waals surface area contributed by atoms with Gasteiger partial charge in [-0.25, -0.2) is 0 Å². The molecule has 0 aliphatic rings. The average molecular weight is 181 g/mol. The van der Waals surface area contributed by atoms with Gasteiger partial charge in [-0.2, -0.15) is 0 Å². The highest BCUT2D eigenvalue weighted by molar-refractivity contribution is 7.32. The Morgan fingerprint density at radius 1 is 1.73 bits per heavy atom. The minimum Gasteiger partial charge on any atom is -0.352 e. The molecule has 0 aliphatic carbocycles. The van der Waals surface area contributed by atoms with Crippen LogP contribution < -0.4 is 5.32 Å². The molecular formula is C5H12NO4P. The van der Waals surface area contributed by atoms with Gasteiger partial charge in [0.1, 0.15) is 6.61 Å². The van der Waals surface area contributed by atoms with Crippen molar-refractivity contribution in [2.75, 3.05) is 6.61 Å². The van der Waals surface area contributed by atoms with E-state index < -0.39 is 8.25 Å². The van der Waals surface area contributed by atoms with Crippen LogP contribution in [0.1, 0.15) is 13.8 Å². The first kappa shape index (κ1) is 10.6. The van der Waals surface area contributed by atoms with Crippen molar-refractivity contribution < 1.29 is 18.8 Å². The number of rotatable bonds is 4. The predicted molar refractivity (Wildman–Crippen MR) is 40.5 cm³/mol. The summed E-state index contributed by atoms with van der Waals surface area (Å²) in [4.78, 5) is 18.9. The van der Waals surface area contributed by atoms with Crippen molar-refractivity contribution in [3.63, 3.8) is 0 Å². The predicted octanol–water partition coefficient (Wildman–Crippen LogP) is -0.0904. The maximum absolute atomic E-state index is 10.7. The fraction of sp³-hybridized carbons (Fsp3) is 0.800. The molecule has 0 rings (SSSR count). The Bertz CT molecular complexity index is 159. The van der Waals surface area contributed by atoms with Crippen molar-refractivity contribution in [2.24, 2.45) is 0 Å². The molecule has 0 saturated heterocycles. The van der Waals surface area contributed by atoms with Gasteiger partial charge in [0.25, 0.3) is 0 Å². The highest BCUT2D eigenvalue weighted by Crippen LogP contribution is 2.12. The summed E-state index contributed by atoms with van der Waals surface area (Å²) in [7, 11) is -2.98. The summed E-state index contributed by atoms with van der Waals surface area (Å²) in [5.74, 6) is -0.382. The lowest BCUT2D eigenvalue weighted by Gasteiger charge is -2.06. The second-order valence-corrected chi connectivity index (χ2v) is 3.10. The molecule has 0 heterocycles. The normalized spacial score (nSPS) is 13.1. The fourth-order valence-electron chi connectivity index (χ4n) is 0.491. The van der Waals surface area contributed by atoms with Crippen LogP contribution in [0.5, 0.6) is 0 Å². The number of hydrogen-bond acceptors (Lipinski definition) is 3. The van der Waals surface area contributed by atoms with E-state index in [1.54, 1.807) is 13.8 Å². The number of amides is 1. The van der Waals surface area contributed by atoms with Crippen molar-refractivity contribution >= 4 is 14.2 Å².